The molecule has 5 nitrogen and oxygen atoms in total. The largest absolute Gasteiger partial charge is 0.481 e. The third-order valence-electron chi connectivity index (χ3n) is 5.20. The number of aliphatic carboxylic acids is 1. The number of nitrogens with one attached hydrogen (secondary N) is 1. The van der Waals surface area contributed by atoms with E-state index in [-0.39, 0.29) is 18.0 Å². The Morgan fingerprint density at radius 3 is 2.25 bits per heavy atom. The molecule has 0 spiro atoms. The summed E-state index contributed by atoms with van der Waals surface area (Å²) in [5, 5.41) is 12.1. The highest BCUT2D eigenvalue weighted by Gasteiger charge is 2.37. The van der Waals surface area contributed by atoms with Crippen molar-refractivity contribution >= 4 is 12.0 Å². The second kappa shape index (κ2) is 5.62. The Hall–Kier alpha value is -1.26. The van der Waals surface area contributed by atoms with Crippen LogP contribution in [0.1, 0.15) is 44.9 Å². The van der Waals surface area contributed by atoms with Crippen LogP contribution in [0.15, 0.2) is 0 Å². The first-order chi connectivity index (χ1) is 9.63. The molecule has 3 rings (SSSR count). The maximum Gasteiger partial charge on any atom is 0.317 e. The van der Waals surface area contributed by atoms with Gasteiger partial charge in [-0.25, -0.2) is 4.79 Å². The van der Waals surface area contributed by atoms with Gasteiger partial charge in [-0.3, -0.25) is 4.79 Å². The number of carbonyl (C=O) groups excluding carboxylic acids is 1. The summed E-state index contributed by atoms with van der Waals surface area (Å²) in [7, 11) is 0. The lowest BCUT2D eigenvalue weighted by Crippen LogP contribution is -2.45. The zero-order chi connectivity index (χ0) is 14.1. The Kier molecular flexibility index (Phi) is 3.85. The van der Waals surface area contributed by atoms with Crippen molar-refractivity contribution in [3.63, 3.8) is 0 Å². The van der Waals surface area contributed by atoms with Gasteiger partial charge in [0.15, 0.2) is 0 Å². The van der Waals surface area contributed by atoms with E-state index in [1.54, 1.807) is 0 Å². The fraction of sp³-hybridized carbons (Fsp3) is 0.867. The van der Waals surface area contributed by atoms with Crippen LogP contribution in [-0.4, -0.2) is 41.1 Å². The number of nitrogens with zero attached hydrogens (tertiary/aromatic N) is 1. The van der Waals surface area contributed by atoms with Gasteiger partial charge in [0.05, 0.1) is 5.92 Å². The number of rotatable bonds is 3. The molecule has 2 N–H and O–H groups in total. The number of carbonyl (C=O) groups is 2. The highest BCUT2D eigenvalue weighted by molar-refractivity contribution is 5.75. The predicted octanol–water partition coefficient (Wildman–Crippen LogP) is 2.07. The lowest BCUT2D eigenvalue weighted by molar-refractivity contribution is -0.142. The Labute approximate surface area is 119 Å². The van der Waals surface area contributed by atoms with Gasteiger partial charge in [-0.05, 0) is 56.8 Å². The highest BCUT2D eigenvalue weighted by Crippen LogP contribution is 2.41. The van der Waals surface area contributed by atoms with Crippen molar-refractivity contribution in [2.75, 3.05) is 13.1 Å². The molecule has 1 heterocycles. The summed E-state index contributed by atoms with van der Waals surface area (Å²) in [5.41, 5.74) is 0. The van der Waals surface area contributed by atoms with E-state index in [0.717, 1.165) is 44.2 Å². The second-order valence-corrected chi connectivity index (χ2v) is 6.67. The van der Waals surface area contributed by atoms with Gasteiger partial charge in [0.2, 0.25) is 0 Å². The average molecular weight is 280 g/mol. The number of hydrogen-bond donors (Lipinski definition) is 2. The van der Waals surface area contributed by atoms with Gasteiger partial charge >= 0.3 is 12.0 Å². The summed E-state index contributed by atoms with van der Waals surface area (Å²) in [6.07, 6.45) is 6.81. The maximum absolute atomic E-state index is 12.2. The van der Waals surface area contributed by atoms with Crippen LogP contribution in [0.3, 0.4) is 0 Å². The summed E-state index contributed by atoms with van der Waals surface area (Å²) in [6.45, 7) is 1.80. The number of urea groups is 1. The van der Waals surface area contributed by atoms with Gasteiger partial charge < -0.3 is 15.3 Å². The molecule has 3 aliphatic rings. The smallest absolute Gasteiger partial charge is 0.317 e. The summed E-state index contributed by atoms with van der Waals surface area (Å²) in [4.78, 5) is 25.1. The van der Waals surface area contributed by atoms with Crippen LogP contribution in [0.2, 0.25) is 0 Å². The molecule has 0 bridgehead atoms. The van der Waals surface area contributed by atoms with Crippen LogP contribution >= 0.6 is 0 Å². The van der Waals surface area contributed by atoms with E-state index in [9.17, 15) is 9.59 Å². The first-order valence-electron chi connectivity index (χ1n) is 7.91. The zero-order valence-corrected chi connectivity index (χ0v) is 11.9. The van der Waals surface area contributed by atoms with Gasteiger partial charge in [0.25, 0.3) is 0 Å². The quantitative estimate of drug-likeness (QED) is 0.831. The second-order valence-electron chi connectivity index (χ2n) is 6.67. The van der Waals surface area contributed by atoms with Crippen LogP contribution in [0, 0.1) is 17.8 Å². The van der Waals surface area contributed by atoms with Crippen molar-refractivity contribution in [2.45, 2.75) is 51.0 Å². The van der Waals surface area contributed by atoms with Crippen LogP contribution in [-0.2, 0) is 4.79 Å². The molecule has 0 aromatic rings. The molecule has 112 valence electrons. The Bertz CT molecular complexity index is 387. The summed E-state index contributed by atoms with van der Waals surface area (Å²) >= 11 is 0. The number of likely N-dealkylation sites (tertiary alicyclic amines) is 1. The summed E-state index contributed by atoms with van der Waals surface area (Å²) in [6, 6.07) is 0.227. The molecule has 1 unspecified atom stereocenters. The SMILES string of the molecule is O=C(O)C1CCC(NC(=O)N2CCC(C3CC3)C2)CC1. The first kappa shape index (κ1) is 13.7. The third-order valence-corrected chi connectivity index (χ3v) is 5.20. The lowest BCUT2D eigenvalue weighted by atomic mass is 9.86. The number of carboxylic acid groups (broad SMARTS) is 1. The van der Waals surface area contributed by atoms with E-state index in [4.69, 9.17) is 5.11 Å². The van der Waals surface area contributed by atoms with Gasteiger partial charge in [0.1, 0.15) is 0 Å². The maximum atomic E-state index is 12.2. The van der Waals surface area contributed by atoms with E-state index in [0.29, 0.717) is 12.8 Å². The molecule has 0 aromatic heterocycles. The summed E-state index contributed by atoms with van der Waals surface area (Å²) in [5.74, 6) is 0.693. The fourth-order valence-electron chi connectivity index (χ4n) is 3.67. The molecule has 5 heteroatoms. The van der Waals surface area contributed by atoms with Crippen molar-refractivity contribution < 1.29 is 14.7 Å². The Morgan fingerprint density at radius 2 is 1.65 bits per heavy atom. The molecule has 2 amide bonds. The molecule has 0 aromatic carbocycles. The molecule has 1 atom stereocenters. The van der Waals surface area contributed by atoms with E-state index in [2.05, 4.69) is 5.32 Å². The van der Waals surface area contributed by atoms with Crippen LogP contribution in [0.4, 0.5) is 4.79 Å². The molecule has 20 heavy (non-hydrogen) atoms. The molecular formula is C15H24N2O3. The van der Waals surface area contributed by atoms with Crippen molar-refractivity contribution in [1.82, 2.24) is 10.2 Å². The number of carboxylic acids is 1. The van der Waals surface area contributed by atoms with Crippen molar-refractivity contribution in [3.05, 3.63) is 0 Å². The highest BCUT2D eigenvalue weighted by atomic mass is 16.4. The predicted molar refractivity (Wildman–Crippen MR) is 74.3 cm³/mol. The monoisotopic (exact) mass is 280 g/mol. The van der Waals surface area contributed by atoms with Gasteiger partial charge in [-0.15, -0.1) is 0 Å². The molecule has 1 aliphatic heterocycles. The lowest BCUT2D eigenvalue weighted by Gasteiger charge is -2.28. The normalized spacial score (nSPS) is 34.0. The standard InChI is InChI=1S/C15H24N2O3/c18-14(19)11-3-5-13(6-4-11)16-15(20)17-8-7-12(9-17)10-1-2-10/h10-13H,1-9H2,(H,16,20)(H,18,19). The van der Waals surface area contributed by atoms with Crippen LogP contribution < -0.4 is 5.32 Å². The zero-order valence-electron chi connectivity index (χ0n) is 11.9. The number of amides is 2. The van der Waals surface area contributed by atoms with Gasteiger partial charge in [-0.2, -0.15) is 0 Å². The topological polar surface area (TPSA) is 69.6 Å². The van der Waals surface area contributed by atoms with Crippen molar-refractivity contribution in [2.24, 2.45) is 17.8 Å². The van der Waals surface area contributed by atoms with Crippen LogP contribution in [0.25, 0.3) is 0 Å². The first-order valence-corrected chi connectivity index (χ1v) is 7.91. The fourth-order valence-corrected chi connectivity index (χ4v) is 3.67. The Morgan fingerprint density at radius 1 is 0.950 bits per heavy atom. The summed E-state index contributed by atoms with van der Waals surface area (Å²) < 4.78 is 0. The minimum Gasteiger partial charge on any atom is -0.481 e. The van der Waals surface area contributed by atoms with Crippen molar-refractivity contribution in [1.29, 1.82) is 0 Å². The molecule has 1 saturated heterocycles. The van der Waals surface area contributed by atoms with Crippen LogP contribution in [0.5, 0.6) is 0 Å². The van der Waals surface area contributed by atoms with Gasteiger partial charge in [0, 0.05) is 19.1 Å². The molecule has 2 aliphatic carbocycles. The van der Waals surface area contributed by atoms with Crippen molar-refractivity contribution in [3.8, 4) is 0 Å². The van der Waals surface area contributed by atoms with Gasteiger partial charge in [-0.1, -0.05) is 0 Å². The molecule has 0 radical (unpaired) electrons. The molecule has 2 saturated carbocycles. The minimum atomic E-state index is -0.693. The third kappa shape index (κ3) is 3.07. The number of hydrogen-bond acceptors (Lipinski definition) is 2. The van der Waals surface area contributed by atoms with E-state index in [1.165, 1.54) is 12.8 Å². The van der Waals surface area contributed by atoms with E-state index >= 15 is 0 Å². The van der Waals surface area contributed by atoms with E-state index < -0.39 is 5.97 Å². The average Bonchev–Trinajstić information content (AvgIpc) is 3.17. The van der Waals surface area contributed by atoms with E-state index in [1.807, 2.05) is 4.90 Å². The molecule has 3 fully saturated rings. The minimum absolute atomic E-state index is 0.0620. The Balaban J connectivity index is 1.42. The molecular weight excluding hydrogens is 256 g/mol.